The Morgan fingerprint density at radius 2 is 1.96 bits per heavy atom. The van der Waals surface area contributed by atoms with E-state index >= 15 is 0 Å². The summed E-state index contributed by atoms with van der Waals surface area (Å²) in [5.41, 5.74) is 6.31. The predicted octanol–water partition coefficient (Wildman–Crippen LogP) is 3.28. The zero-order valence-electron chi connectivity index (χ0n) is 16.3. The van der Waals surface area contributed by atoms with Gasteiger partial charge in [-0.1, -0.05) is 38.1 Å². The van der Waals surface area contributed by atoms with Crippen LogP contribution in [0.25, 0.3) is 0 Å². The van der Waals surface area contributed by atoms with Crippen molar-refractivity contribution in [3.63, 3.8) is 0 Å². The maximum atomic E-state index is 4.64. The van der Waals surface area contributed by atoms with Crippen LogP contribution < -0.4 is 10.6 Å². The third-order valence-corrected chi connectivity index (χ3v) is 4.69. The summed E-state index contributed by atoms with van der Waals surface area (Å²) >= 11 is 0. The summed E-state index contributed by atoms with van der Waals surface area (Å²) in [5.74, 6) is 0.809. The molecule has 0 fully saturated rings. The molecule has 0 bridgehead atoms. The van der Waals surface area contributed by atoms with Gasteiger partial charge in [-0.2, -0.15) is 5.10 Å². The van der Waals surface area contributed by atoms with Gasteiger partial charge in [-0.25, -0.2) is 0 Å². The Kier molecular flexibility index (Phi) is 6.62. The average molecular weight is 342 g/mol. The molecule has 0 spiro atoms. The van der Waals surface area contributed by atoms with E-state index in [4.69, 9.17) is 0 Å². The summed E-state index contributed by atoms with van der Waals surface area (Å²) in [7, 11) is 3.83. The van der Waals surface area contributed by atoms with Gasteiger partial charge in [0.15, 0.2) is 5.96 Å². The highest BCUT2D eigenvalue weighted by Crippen LogP contribution is 2.17. The topological polar surface area (TPSA) is 54.2 Å². The van der Waals surface area contributed by atoms with E-state index in [1.165, 1.54) is 22.4 Å². The molecule has 1 heterocycles. The molecule has 5 nitrogen and oxygen atoms in total. The highest BCUT2D eigenvalue weighted by atomic mass is 15.3. The monoisotopic (exact) mass is 341 g/mol. The van der Waals surface area contributed by atoms with Crippen LogP contribution in [0.5, 0.6) is 0 Å². The molecule has 1 aromatic carbocycles. The van der Waals surface area contributed by atoms with Gasteiger partial charge in [-0.05, 0) is 37.8 Å². The minimum Gasteiger partial charge on any atom is -0.352 e. The van der Waals surface area contributed by atoms with Gasteiger partial charge in [0, 0.05) is 31.9 Å². The van der Waals surface area contributed by atoms with Crippen molar-refractivity contribution in [3.05, 3.63) is 52.3 Å². The van der Waals surface area contributed by atoms with Crippen LogP contribution in [0.3, 0.4) is 0 Å². The van der Waals surface area contributed by atoms with Crippen LogP contribution >= 0.6 is 0 Å². The molecule has 0 saturated carbocycles. The average Bonchev–Trinajstić information content (AvgIpc) is 2.93. The third-order valence-electron chi connectivity index (χ3n) is 4.69. The molecule has 1 unspecified atom stereocenters. The number of nitrogens with zero attached hydrogens (tertiary/aromatic N) is 3. The van der Waals surface area contributed by atoms with Crippen LogP contribution in [0.4, 0.5) is 0 Å². The van der Waals surface area contributed by atoms with Crippen molar-refractivity contribution >= 4 is 5.96 Å². The Balaban J connectivity index is 2.08. The van der Waals surface area contributed by atoms with Gasteiger partial charge in [-0.3, -0.25) is 9.67 Å². The molecule has 2 aromatic rings. The highest BCUT2D eigenvalue weighted by molar-refractivity contribution is 5.80. The minimum absolute atomic E-state index is 0.192. The summed E-state index contributed by atoms with van der Waals surface area (Å²) in [6.07, 6.45) is 1.92. The molecular formula is C20H31N5. The van der Waals surface area contributed by atoms with Crippen molar-refractivity contribution in [2.45, 2.75) is 53.1 Å². The highest BCUT2D eigenvalue weighted by Gasteiger charge is 2.15. The number of hydrogen-bond acceptors (Lipinski definition) is 2. The van der Waals surface area contributed by atoms with E-state index in [-0.39, 0.29) is 6.04 Å². The van der Waals surface area contributed by atoms with Crippen molar-refractivity contribution in [3.8, 4) is 0 Å². The Bertz CT molecular complexity index is 730. The summed E-state index contributed by atoms with van der Waals surface area (Å²) in [6.45, 7) is 9.36. The normalized spacial score (nSPS) is 13.0. The first-order valence-electron chi connectivity index (χ1n) is 9.08. The Labute approximate surface area is 151 Å². The number of benzene rings is 1. The maximum absolute atomic E-state index is 4.64. The molecular weight excluding hydrogens is 310 g/mol. The molecule has 0 aliphatic heterocycles. The van der Waals surface area contributed by atoms with Crippen molar-refractivity contribution in [2.24, 2.45) is 12.0 Å². The molecule has 5 heteroatoms. The predicted molar refractivity (Wildman–Crippen MR) is 105 cm³/mol. The molecule has 2 N–H and O–H groups in total. The first-order valence-corrected chi connectivity index (χ1v) is 9.08. The molecule has 25 heavy (non-hydrogen) atoms. The standard InChI is InChI=1S/C20H31N5/c1-7-18-17(19(8-2)25(6)24-18)13-22-20(21-5)23-15(4)16-12-10-9-11-14(16)3/h9-12,15H,7-8,13H2,1-6H3,(H2,21,22,23). The maximum Gasteiger partial charge on any atom is 0.191 e. The largest absolute Gasteiger partial charge is 0.352 e. The van der Waals surface area contributed by atoms with E-state index in [0.29, 0.717) is 0 Å². The van der Waals surface area contributed by atoms with Crippen LogP contribution in [-0.4, -0.2) is 22.8 Å². The first kappa shape index (κ1) is 19.0. The van der Waals surface area contributed by atoms with Crippen molar-refractivity contribution in [2.75, 3.05) is 7.05 Å². The number of rotatable bonds is 6. The van der Waals surface area contributed by atoms with E-state index in [2.05, 4.69) is 72.7 Å². The Hall–Kier alpha value is -2.30. The van der Waals surface area contributed by atoms with E-state index in [0.717, 1.165) is 31.0 Å². The molecule has 1 atom stereocenters. The molecule has 0 amide bonds. The third kappa shape index (κ3) is 4.41. The van der Waals surface area contributed by atoms with Crippen molar-refractivity contribution < 1.29 is 0 Å². The molecule has 0 aliphatic rings. The zero-order chi connectivity index (χ0) is 18.4. The zero-order valence-corrected chi connectivity index (χ0v) is 16.3. The van der Waals surface area contributed by atoms with Gasteiger partial charge in [0.2, 0.25) is 0 Å². The second-order valence-corrected chi connectivity index (χ2v) is 6.35. The number of aryl methyl sites for hydroxylation is 3. The van der Waals surface area contributed by atoms with Gasteiger partial charge < -0.3 is 10.6 Å². The SMILES string of the molecule is CCc1nn(C)c(CC)c1CNC(=NC)NC(C)c1ccccc1C. The van der Waals surface area contributed by atoms with Crippen LogP contribution in [0.2, 0.25) is 0 Å². The summed E-state index contributed by atoms with van der Waals surface area (Å²) in [5, 5.41) is 11.6. The van der Waals surface area contributed by atoms with Crippen LogP contribution in [-0.2, 0) is 26.4 Å². The van der Waals surface area contributed by atoms with Gasteiger partial charge in [-0.15, -0.1) is 0 Å². The fourth-order valence-corrected chi connectivity index (χ4v) is 3.32. The number of guanidine groups is 1. The molecule has 2 rings (SSSR count). The lowest BCUT2D eigenvalue weighted by Crippen LogP contribution is -2.38. The molecule has 136 valence electrons. The second kappa shape index (κ2) is 8.70. The van der Waals surface area contributed by atoms with Crippen LogP contribution in [0, 0.1) is 6.92 Å². The lowest BCUT2D eigenvalue weighted by molar-refractivity contribution is 0.678. The van der Waals surface area contributed by atoms with E-state index in [9.17, 15) is 0 Å². The van der Waals surface area contributed by atoms with Crippen LogP contribution in [0.1, 0.15) is 54.9 Å². The summed E-state index contributed by atoms with van der Waals surface area (Å²) in [6, 6.07) is 8.64. The molecule has 0 aliphatic carbocycles. The smallest absolute Gasteiger partial charge is 0.191 e. The summed E-state index contributed by atoms with van der Waals surface area (Å²) < 4.78 is 2.00. The fraction of sp³-hybridized carbons (Fsp3) is 0.500. The van der Waals surface area contributed by atoms with E-state index < -0.39 is 0 Å². The lowest BCUT2D eigenvalue weighted by Gasteiger charge is -2.20. The Morgan fingerprint density at radius 3 is 2.56 bits per heavy atom. The Morgan fingerprint density at radius 1 is 1.24 bits per heavy atom. The van der Waals surface area contributed by atoms with E-state index in [1.54, 1.807) is 0 Å². The first-order chi connectivity index (χ1) is 12.0. The number of aromatic nitrogens is 2. The van der Waals surface area contributed by atoms with Crippen molar-refractivity contribution in [1.82, 2.24) is 20.4 Å². The number of hydrogen-bond donors (Lipinski definition) is 2. The number of aliphatic imine (C=N–C) groups is 1. The molecule has 1 aromatic heterocycles. The van der Waals surface area contributed by atoms with Gasteiger partial charge in [0.1, 0.15) is 0 Å². The van der Waals surface area contributed by atoms with Crippen LogP contribution in [0.15, 0.2) is 29.3 Å². The quantitative estimate of drug-likeness (QED) is 0.626. The second-order valence-electron chi connectivity index (χ2n) is 6.35. The minimum atomic E-state index is 0.192. The van der Waals surface area contributed by atoms with Gasteiger partial charge in [0.25, 0.3) is 0 Å². The molecule has 0 saturated heterocycles. The summed E-state index contributed by atoms with van der Waals surface area (Å²) in [4.78, 5) is 4.38. The molecule has 0 radical (unpaired) electrons. The van der Waals surface area contributed by atoms with E-state index in [1.807, 2.05) is 18.8 Å². The fourth-order valence-electron chi connectivity index (χ4n) is 3.32. The van der Waals surface area contributed by atoms with Crippen molar-refractivity contribution in [1.29, 1.82) is 0 Å². The van der Waals surface area contributed by atoms with Gasteiger partial charge in [0.05, 0.1) is 11.7 Å². The number of nitrogens with one attached hydrogen (secondary N) is 2. The lowest BCUT2D eigenvalue weighted by atomic mass is 10.0. The van der Waals surface area contributed by atoms with Gasteiger partial charge >= 0.3 is 0 Å².